The van der Waals surface area contributed by atoms with Gasteiger partial charge in [-0.2, -0.15) is 0 Å². The largest absolute Gasteiger partial charge is 0.381 e. The van der Waals surface area contributed by atoms with Crippen molar-refractivity contribution in [2.75, 3.05) is 0 Å². The molecule has 0 saturated heterocycles. The smallest absolute Gasteiger partial charge is 0.0689 e. The van der Waals surface area contributed by atoms with Gasteiger partial charge in [0.05, 0.1) is 6.04 Å². The summed E-state index contributed by atoms with van der Waals surface area (Å²) in [4.78, 5) is 0. The molecule has 0 amide bonds. The average molecular weight is 187 g/mol. The van der Waals surface area contributed by atoms with Crippen molar-refractivity contribution in [1.29, 1.82) is 0 Å². The molecule has 0 aliphatic heterocycles. The van der Waals surface area contributed by atoms with Crippen LogP contribution in [0.3, 0.4) is 0 Å². The van der Waals surface area contributed by atoms with Gasteiger partial charge in [0.1, 0.15) is 0 Å². The highest BCUT2D eigenvalue weighted by Crippen LogP contribution is 2.14. The first-order chi connectivity index (χ1) is 6.81. The molecule has 0 spiro atoms. The summed E-state index contributed by atoms with van der Waals surface area (Å²) in [5, 5.41) is 3.13. The maximum atomic E-state index is 3.79. The van der Waals surface area contributed by atoms with Crippen LogP contribution in [0.2, 0.25) is 0 Å². The molecule has 0 heterocycles. The number of aryl methyl sites for hydroxylation is 1. The quantitative estimate of drug-likeness (QED) is 0.698. The lowest BCUT2D eigenvalue weighted by Gasteiger charge is -2.13. The van der Waals surface area contributed by atoms with Crippen molar-refractivity contribution in [3.05, 3.63) is 60.8 Å². The highest BCUT2D eigenvalue weighted by molar-refractivity contribution is 5.27. The molecule has 1 rings (SSSR count). The van der Waals surface area contributed by atoms with E-state index in [1.54, 1.807) is 6.20 Å². The molecule has 0 aliphatic rings. The molecule has 1 aromatic carbocycles. The fraction of sp³-hybridized carbons (Fsp3) is 0.231. The van der Waals surface area contributed by atoms with E-state index >= 15 is 0 Å². The van der Waals surface area contributed by atoms with Crippen molar-refractivity contribution in [1.82, 2.24) is 5.32 Å². The van der Waals surface area contributed by atoms with Crippen LogP contribution in [0.25, 0.3) is 0 Å². The van der Waals surface area contributed by atoms with Crippen LogP contribution in [0.1, 0.15) is 24.1 Å². The molecule has 0 radical (unpaired) electrons. The van der Waals surface area contributed by atoms with Crippen molar-refractivity contribution in [2.45, 2.75) is 19.4 Å². The van der Waals surface area contributed by atoms with Crippen molar-refractivity contribution < 1.29 is 0 Å². The molecule has 1 N–H and O–H groups in total. The Bertz CT molecular complexity index is 298. The van der Waals surface area contributed by atoms with Crippen molar-refractivity contribution in [3.8, 4) is 0 Å². The van der Waals surface area contributed by atoms with Gasteiger partial charge in [0.2, 0.25) is 0 Å². The molecule has 1 unspecified atom stereocenters. The van der Waals surface area contributed by atoms with E-state index in [4.69, 9.17) is 0 Å². The van der Waals surface area contributed by atoms with Gasteiger partial charge in [0, 0.05) is 0 Å². The number of benzene rings is 1. The number of hydrogen-bond donors (Lipinski definition) is 1. The Hall–Kier alpha value is -1.50. The molecule has 14 heavy (non-hydrogen) atoms. The number of nitrogens with one attached hydrogen (secondary N) is 1. The highest BCUT2D eigenvalue weighted by Gasteiger charge is 2.03. The molecular weight excluding hydrogens is 170 g/mol. The highest BCUT2D eigenvalue weighted by atomic mass is 14.9. The molecule has 74 valence electrons. The summed E-state index contributed by atoms with van der Waals surface area (Å²) in [6.07, 6.45) is 4.65. The molecular formula is C13H17N. The Morgan fingerprint density at radius 2 is 1.93 bits per heavy atom. The van der Waals surface area contributed by atoms with E-state index < -0.39 is 0 Å². The number of hydrogen-bond acceptors (Lipinski definition) is 1. The van der Waals surface area contributed by atoms with Crippen LogP contribution in [0.15, 0.2) is 49.7 Å². The van der Waals surface area contributed by atoms with Gasteiger partial charge in [-0.3, -0.25) is 0 Å². The average Bonchev–Trinajstić information content (AvgIpc) is 2.26. The van der Waals surface area contributed by atoms with Crippen LogP contribution in [-0.2, 0) is 6.42 Å². The summed E-state index contributed by atoms with van der Waals surface area (Å²) in [6.45, 7) is 9.59. The van der Waals surface area contributed by atoms with E-state index in [0.29, 0.717) is 0 Å². The molecule has 0 bridgehead atoms. The van der Waals surface area contributed by atoms with Crippen LogP contribution in [0, 0.1) is 0 Å². The lowest BCUT2D eigenvalue weighted by atomic mass is 10.0. The SMILES string of the molecule is C=CNC(C=C)c1ccc(CC)cc1. The first kappa shape index (κ1) is 10.6. The Labute approximate surface area is 86.2 Å². The van der Waals surface area contributed by atoms with Crippen molar-refractivity contribution >= 4 is 0 Å². The van der Waals surface area contributed by atoms with E-state index in [1.807, 2.05) is 6.08 Å². The summed E-state index contributed by atoms with van der Waals surface area (Å²) in [5.41, 5.74) is 2.58. The maximum absolute atomic E-state index is 3.79. The second-order valence-corrected chi connectivity index (χ2v) is 3.18. The van der Waals surface area contributed by atoms with Crippen LogP contribution >= 0.6 is 0 Å². The predicted molar refractivity (Wildman–Crippen MR) is 62.1 cm³/mol. The third kappa shape index (κ3) is 2.49. The second kappa shape index (κ2) is 5.28. The summed E-state index contributed by atoms with van der Waals surface area (Å²) in [7, 11) is 0. The minimum Gasteiger partial charge on any atom is -0.381 e. The van der Waals surface area contributed by atoms with E-state index in [2.05, 4.69) is 49.7 Å². The Morgan fingerprint density at radius 1 is 1.29 bits per heavy atom. The van der Waals surface area contributed by atoms with Crippen LogP contribution in [-0.4, -0.2) is 0 Å². The monoisotopic (exact) mass is 187 g/mol. The van der Waals surface area contributed by atoms with E-state index in [1.165, 1.54) is 11.1 Å². The van der Waals surface area contributed by atoms with Gasteiger partial charge >= 0.3 is 0 Å². The lowest BCUT2D eigenvalue weighted by Crippen LogP contribution is -2.11. The predicted octanol–water partition coefficient (Wildman–Crippen LogP) is 3.21. The zero-order valence-corrected chi connectivity index (χ0v) is 8.66. The van der Waals surface area contributed by atoms with E-state index in [9.17, 15) is 0 Å². The van der Waals surface area contributed by atoms with Crippen LogP contribution in [0.4, 0.5) is 0 Å². The molecule has 0 fully saturated rings. The molecule has 0 aromatic heterocycles. The Morgan fingerprint density at radius 3 is 2.36 bits per heavy atom. The van der Waals surface area contributed by atoms with Gasteiger partial charge in [-0.1, -0.05) is 43.8 Å². The topological polar surface area (TPSA) is 12.0 Å². The van der Waals surface area contributed by atoms with Gasteiger partial charge < -0.3 is 5.32 Å². The Kier molecular flexibility index (Phi) is 3.99. The molecule has 1 aromatic rings. The van der Waals surface area contributed by atoms with Gasteiger partial charge in [-0.05, 0) is 23.7 Å². The van der Waals surface area contributed by atoms with E-state index in [0.717, 1.165) is 6.42 Å². The first-order valence-corrected chi connectivity index (χ1v) is 4.90. The van der Waals surface area contributed by atoms with Crippen molar-refractivity contribution in [2.24, 2.45) is 0 Å². The maximum Gasteiger partial charge on any atom is 0.0689 e. The Balaban J connectivity index is 2.82. The minimum absolute atomic E-state index is 0.165. The second-order valence-electron chi connectivity index (χ2n) is 3.18. The third-order valence-electron chi connectivity index (χ3n) is 2.28. The molecule has 1 atom stereocenters. The van der Waals surface area contributed by atoms with Gasteiger partial charge in [0.25, 0.3) is 0 Å². The fourth-order valence-corrected chi connectivity index (χ4v) is 1.39. The van der Waals surface area contributed by atoms with Crippen LogP contribution < -0.4 is 5.32 Å². The van der Waals surface area contributed by atoms with E-state index in [-0.39, 0.29) is 6.04 Å². The van der Waals surface area contributed by atoms with Gasteiger partial charge in [-0.25, -0.2) is 0 Å². The molecule has 1 nitrogen and oxygen atoms in total. The van der Waals surface area contributed by atoms with Crippen molar-refractivity contribution in [3.63, 3.8) is 0 Å². The zero-order chi connectivity index (χ0) is 10.4. The van der Waals surface area contributed by atoms with Gasteiger partial charge in [-0.15, -0.1) is 6.58 Å². The summed E-state index contributed by atoms with van der Waals surface area (Å²) < 4.78 is 0. The normalized spacial score (nSPS) is 11.8. The zero-order valence-electron chi connectivity index (χ0n) is 8.66. The summed E-state index contributed by atoms with van der Waals surface area (Å²) in [5.74, 6) is 0. The first-order valence-electron chi connectivity index (χ1n) is 4.90. The fourth-order valence-electron chi connectivity index (χ4n) is 1.39. The summed E-state index contributed by atoms with van der Waals surface area (Å²) >= 11 is 0. The molecule has 0 saturated carbocycles. The van der Waals surface area contributed by atoms with Crippen LogP contribution in [0.5, 0.6) is 0 Å². The lowest BCUT2D eigenvalue weighted by molar-refractivity contribution is 0.758. The standard InChI is InChI=1S/C13H17N/c1-4-11-7-9-12(10-8-11)13(5-2)14-6-3/h5-10,13-14H,2-4H2,1H3. The van der Waals surface area contributed by atoms with Gasteiger partial charge in [0.15, 0.2) is 0 Å². The molecule has 0 aliphatic carbocycles. The third-order valence-corrected chi connectivity index (χ3v) is 2.28. The minimum atomic E-state index is 0.165. The molecule has 1 heteroatoms. The summed E-state index contributed by atoms with van der Waals surface area (Å²) in [6, 6.07) is 8.72. The number of rotatable bonds is 5.